The van der Waals surface area contributed by atoms with Gasteiger partial charge in [-0.3, -0.25) is 10.3 Å². The second-order valence-electron chi connectivity index (χ2n) is 7.26. The molecule has 7 heteroatoms. The summed E-state index contributed by atoms with van der Waals surface area (Å²) >= 11 is 0. The van der Waals surface area contributed by atoms with Crippen molar-refractivity contribution in [1.82, 2.24) is 4.90 Å². The predicted molar refractivity (Wildman–Crippen MR) is 107 cm³/mol. The lowest BCUT2D eigenvalue weighted by molar-refractivity contribution is 0.0912. The first kappa shape index (κ1) is 18.4. The van der Waals surface area contributed by atoms with Crippen molar-refractivity contribution in [3.05, 3.63) is 59.7 Å². The van der Waals surface area contributed by atoms with Crippen LogP contribution < -0.4 is 15.3 Å². The van der Waals surface area contributed by atoms with E-state index in [0.717, 1.165) is 49.5 Å². The third-order valence-corrected chi connectivity index (χ3v) is 5.41. The Morgan fingerprint density at radius 3 is 2.50 bits per heavy atom. The quantitative estimate of drug-likeness (QED) is 0.278. The van der Waals surface area contributed by atoms with E-state index in [4.69, 9.17) is 20.7 Å². The Balaban J connectivity index is 1.32. The molecule has 0 unspecified atom stereocenters. The topological polar surface area (TPSA) is 96.3 Å². The summed E-state index contributed by atoms with van der Waals surface area (Å²) in [6, 6.07) is 16.4. The number of para-hydroxylation sites is 2. The highest BCUT2D eigenvalue weighted by molar-refractivity contribution is 5.81. The van der Waals surface area contributed by atoms with E-state index in [0.29, 0.717) is 12.4 Å². The number of hydrogen-bond donors (Lipinski definition) is 2. The number of ether oxygens (including phenoxy) is 2. The van der Waals surface area contributed by atoms with Gasteiger partial charge in [0.2, 0.25) is 0 Å². The maximum absolute atomic E-state index is 7.86. The van der Waals surface area contributed by atoms with Crippen LogP contribution in [0.1, 0.15) is 30.1 Å². The van der Waals surface area contributed by atoms with Crippen molar-refractivity contribution < 1.29 is 9.47 Å². The van der Waals surface area contributed by atoms with E-state index in [-0.39, 0.29) is 12.0 Å². The highest BCUT2D eigenvalue weighted by Crippen LogP contribution is 2.35. The minimum atomic E-state index is -0.0811. The highest BCUT2D eigenvalue weighted by atomic mass is 16.6. The van der Waals surface area contributed by atoms with Gasteiger partial charge in [0.1, 0.15) is 12.4 Å². The summed E-state index contributed by atoms with van der Waals surface area (Å²) in [5, 5.41) is 14.8. The Hall–Kier alpha value is -2.93. The Kier molecular flexibility index (Phi) is 5.53. The largest absolute Gasteiger partial charge is 0.485 e. The fourth-order valence-electron chi connectivity index (χ4n) is 3.79. The number of fused-ring (bicyclic) bond motifs is 1. The SMILES string of the molecule is N=C(N=NN)C1CCN(Cc2ccc([C@H]3COc4ccccc4O3)cc2)CC1. The number of piperidine rings is 1. The molecule has 2 aromatic carbocycles. The monoisotopic (exact) mass is 379 g/mol. The lowest BCUT2D eigenvalue weighted by Gasteiger charge is -2.31. The van der Waals surface area contributed by atoms with E-state index in [9.17, 15) is 0 Å². The van der Waals surface area contributed by atoms with Crippen molar-refractivity contribution in [2.75, 3.05) is 19.7 Å². The van der Waals surface area contributed by atoms with E-state index < -0.39 is 0 Å². The molecular weight excluding hydrogens is 354 g/mol. The van der Waals surface area contributed by atoms with Gasteiger partial charge in [0.25, 0.3) is 0 Å². The van der Waals surface area contributed by atoms with E-state index in [1.165, 1.54) is 5.56 Å². The van der Waals surface area contributed by atoms with E-state index >= 15 is 0 Å². The maximum Gasteiger partial charge on any atom is 0.162 e. The molecule has 1 atom stereocenters. The van der Waals surface area contributed by atoms with Crippen LogP contribution >= 0.6 is 0 Å². The van der Waals surface area contributed by atoms with Crippen molar-refractivity contribution in [2.24, 2.45) is 22.1 Å². The first-order chi connectivity index (χ1) is 13.7. The van der Waals surface area contributed by atoms with Gasteiger partial charge in [-0.15, -0.1) is 5.11 Å². The van der Waals surface area contributed by atoms with Gasteiger partial charge in [-0.05, 0) is 49.2 Å². The average Bonchev–Trinajstić information content (AvgIpc) is 2.75. The third-order valence-electron chi connectivity index (χ3n) is 5.41. The number of nitrogens with two attached hydrogens (primary N) is 1. The standard InChI is InChI=1S/C21H25N5O2/c22-21(24-25-23)17-9-11-26(12-10-17)13-15-5-7-16(8-6-15)20-14-27-18-3-1-2-4-19(18)28-20/h1-8,17,20H,9-14H2,(H3,22,23,24)/t20-/m1/s1. The molecule has 0 radical (unpaired) electrons. The Morgan fingerprint density at radius 1 is 1.07 bits per heavy atom. The van der Waals surface area contributed by atoms with Gasteiger partial charge in [0.15, 0.2) is 17.6 Å². The highest BCUT2D eigenvalue weighted by Gasteiger charge is 2.24. The molecule has 0 bridgehead atoms. The van der Waals surface area contributed by atoms with Crippen LogP contribution in [0.25, 0.3) is 0 Å². The second-order valence-corrected chi connectivity index (χ2v) is 7.26. The number of nitrogens with one attached hydrogen (secondary N) is 1. The van der Waals surface area contributed by atoms with Crippen molar-refractivity contribution in [3.8, 4) is 11.5 Å². The predicted octanol–water partition coefficient (Wildman–Crippen LogP) is 3.71. The van der Waals surface area contributed by atoms with Crippen LogP contribution in [0.5, 0.6) is 11.5 Å². The van der Waals surface area contributed by atoms with Gasteiger partial charge in [-0.1, -0.05) is 41.6 Å². The number of rotatable bonds is 4. The first-order valence-corrected chi connectivity index (χ1v) is 9.62. The van der Waals surface area contributed by atoms with Crippen molar-refractivity contribution in [1.29, 1.82) is 5.41 Å². The zero-order valence-corrected chi connectivity index (χ0v) is 15.8. The van der Waals surface area contributed by atoms with Crippen LogP contribution in [0, 0.1) is 11.3 Å². The third kappa shape index (κ3) is 4.14. The smallest absolute Gasteiger partial charge is 0.162 e. The van der Waals surface area contributed by atoms with Gasteiger partial charge in [0, 0.05) is 12.5 Å². The molecule has 2 aromatic rings. The zero-order chi connectivity index (χ0) is 19.3. The molecule has 1 fully saturated rings. The maximum atomic E-state index is 7.86. The van der Waals surface area contributed by atoms with Gasteiger partial charge in [-0.2, -0.15) is 0 Å². The molecule has 4 rings (SSSR count). The molecule has 0 spiro atoms. The molecule has 2 aliphatic heterocycles. The normalized spacial score (nSPS) is 20.4. The second kappa shape index (κ2) is 8.39. The molecule has 146 valence electrons. The Bertz CT molecular complexity index is 844. The molecule has 7 nitrogen and oxygen atoms in total. The summed E-state index contributed by atoms with van der Waals surface area (Å²) in [7, 11) is 0. The Morgan fingerprint density at radius 2 is 1.79 bits per heavy atom. The zero-order valence-electron chi connectivity index (χ0n) is 15.8. The molecule has 28 heavy (non-hydrogen) atoms. The molecule has 0 aliphatic carbocycles. The molecule has 3 N–H and O–H groups in total. The fraction of sp³-hybridized carbons (Fsp3) is 0.381. The summed E-state index contributed by atoms with van der Waals surface area (Å²) in [5.74, 6) is 7.11. The molecule has 0 amide bonds. The number of hydrogen-bond acceptors (Lipinski definition) is 5. The number of likely N-dealkylation sites (tertiary alicyclic amines) is 1. The summed E-state index contributed by atoms with van der Waals surface area (Å²) in [6.07, 6.45) is 1.76. The van der Waals surface area contributed by atoms with Crippen molar-refractivity contribution >= 4 is 5.84 Å². The lowest BCUT2D eigenvalue weighted by atomic mass is 9.95. The molecule has 0 saturated carbocycles. The van der Waals surface area contributed by atoms with Gasteiger partial charge >= 0.3 is 0 Å². The molecule has 0 aromatic heterocycles. The van der Waals surface area contributed by atoms with Crippen molar-refractivity contribution in [2.45, 2.75) is 25.5 Å². The van der Waals surface area contributed by atoms with Crippen LogP contribution in [0.2, 0.25) is 0 Å². The summed E-state index contributed by atoms with van der Waals surface area (Å²) in [5.41, 5.74) is 2.40. The Labute approximate surface area is 164 Å². The van der Waals surface area contributed by atoms with Crippen LogP contribution in [0.15, 0.2) is 58.9 Å². The van der Waals surface area contributed by atoms with E-state index in [1.54, 1.807) is 0 Å². The van der Waals surface area contributed by atoms with Crippen LogP contribution in [0.4, 0.5) is 0 Å². The van der Waals surface area contributed by atoms with E-state index in [1.807, 2.05) is 24.3 Å². The summed E-state index contributed by atoms with van der Waals surface area (Å²) < 4.78 is 11.9. The molecular formula is C21H25N5O2. The van der Waals surface area contributed by atoms with Gasteiger partial charge < -0.3 is 15.3 Å². The number of nitrogens with zero attached hydrogens (tertiary/aromatic N) is 3. The summed E-state index contributed by atoms with van der Waals surface area (Å²) in [4.78, 5) is 2.41. The minimum Gasteiger partial charge on any atom is -0.485 e. The van der Waals surface area contributed by atoms with Gasteiger partial charge in [0.05, 0.1) is 0 Å². The van der Waals surface area contributed by atoms with Crippen LogP contribution in [0.3, 0.4) is 0 Å². The fourth-order valence-corrected chi connectivity index (χ4v) is 3.79. The van der Waals surface area contributed by atoms with Crippen LogP contribution in [-0.2, 0) is 6.54 Å². The van der Waals surface area contributed by atoms with Crippen LogP contribution in [-0.4, -0.2) is 30.4 Å². The lowest BCUT2D eigenvalue weighted by Crippen LogP contribution is -2.35. The molecule has 2 aliphatic rings. The molecule has 2 heterocycles. The minimum absolute atomic E-state index is 0.0811. The molecule has 1 saturated heterocycles. The van der Waals surface area contributed by atoms with Gasteiger partial charge in [-0.25, -0.2) is 0 Å². The summed E-state index contributed by atoms with van der Waals surface area (Å²) in [6.45, 7) is 3.33. The average molecular weight is 379 g/mol. The first-order valence-electron chi connectivity index (χ1n) is 9.62. The number of amidine groups is 1. The van der Waals surface area contributed by atoms with E-state index in [2.05, 4.69) is 39.5 Å². The van der Waals surface area contributed by atoms with Crippen molar-refractivity contribution in [3.63, 3.8) is 0 Å². The number of benzene rings is 2.